The molecule has 0 aromatic heterocycles. The van der Waals surface area contributed by atoms with Crippen molar-refractivity contribution in [3.63, 3.8) is 0 Å². The molecule has 1 aromatic rings. The van der Waals surface area contributed by atoms with Crippen LogP contribution in [0.3, 0.4) is 0 Å². The molecule has 0 radical (unpaired) electrons. The van der Waals surface area contributed by atoms with E-state index in [4.69, 9.17) is 12.2 Å². The quantitative estimate of drug-likeness (QED) is 0.801. The molecular weight excluding hydrogens is 228 g/mol. The van der Waals surface area contributed by atoms with Gasteiger partial charge in [-0.3, -0.25) is 0 Å². The Bertz CT molecular complexity index is 357. The smallest absolute Gasteiger partial charge is 0.166 e. The van der Waals surface area contributed by atoms with E-state index in [0.717, 1.165) is 6.54 Å². The summed E-state index contributed by atoms with van der Waals surface area (Å²) in [6.07, 6.45) is 0. The average Bonchev–Trinajstić information content (AvgIpc) is 2.29. The molecule has 3 heteroatoms. The fraction of sp³-hybridized carbons (Fsp3) is 0.500. The molecule has 17 heavy (non-hydrogen) atoms. The number of nitrogens with one attached hydrogen (secondary N) is 2. The van der Waals surface area contributed by atoms with Crippen molar-refractivity contribution in [1.29, 1.82) is 0 Å². The van der Waals surface area contributed by atoms with Crippen molar-refractivity contribution in [2.45, 2.75) is 39.7 Å². The van der Waals surface area contributed by atoms with Crippen molar-refractivity contribution in [3.05, 3.63) is 35.4 Å². The summed E-state index contributed by atoms with van der Waals surface area (Å²) < 4.78 is 0. The van der Waals surface area contributed by atoms with E-state index in [9.17, 15) is 0 Å². The molecule has 0 aliphatic heterocycles. The molecule has 0 fully saturated rings. The van der Waals surface area contributed by atoms with Gasteiger partial charge in [0.15, 0.2) is 5.11 Å². The largest absolute Gasteiger partial charge is 0.363 e. The molecule has 1 aromatic carbocycles. The molecule has 0 amide bonds. The molecule has 0 bridgehead atoms. The van der Waals surface area contributed by atoms with Gasteiger partial charge in [-0.25, -0.2) is 0 Å². The predicted octanol–water partition coefficient (Wildman–Crippen LogP) is 3.36. The van der Waals surface area contributed by atoms with E-state index in [-0.39, 0.29) is 6.04 Å². The van der Waals surface area contributed by atoms with E-state index in [0.29, 0.717) is 11.0 Å². The Kier molecular flexibility index (Phi) is 5.42. The summed E-state index contributed by atoms with van der Waals surface area (Å²) in [6.45, 7) is 9.42. The average molecular weight is 250 g/mol. The Hall–Kier alpha value is -1.09. The van der Waals surface area contributed by atoms with Gasteiger partial charge in [0.05, 0.1) is 6.04 Å². The second-order valence-electron chi connectivity index (χ2n) is 4.55. The fourth-order valence-electron chi connectivity index (χ4n) is 1.66. The maximum atomic E-state index is 5.17. The molecule has 2 nitrogen and oxygen atoms in total. The highest BCUT2D eigenvalue weighted by Crippen LogP contribution is 2.18. The van der Waals surface area contributed by atoms with Crippen LogP contribution in [0.5, 0.6) is 0 Å². The number of rotatable bonds is 4. The molecule has 0 spiro atoms. The highest BCUT2D eigenvalue weighted by molar-refractivity contribution is 7.80. The van der Waals surface area contributed by atoms with Crippen molar-refractivity contribution in [3.8, 4) is 0 Å². The minimum Gasteiger partial charge on any atom is -0.363 e. The van der Waals surface area contributed by atoms with Crippen LogP contribution in [0.25, 0.3) is 0 Å². The van der Waals surface area contributed by atoms with Crippen molar-refractivity contribution in [2.24, 2.45) is 0 Å². The predicted molar refractivity (Wildman–Crippen MR) is 78.4 cm³/mol. The Morgan fingerprint density at radius 1 is 1.12 bits per heavy atom. The molecule has 0 aliphatic rings. The Labute approximate surface area is 110 Å². The number of thiocarbonyl (C=S) groups is 1. The first-order chi connectivity index (χ1) is 8.04. The zero-order valence-electron chi connectivity index (χ0n) is 11.1. The number of hydrogen-bond acceptors (Lipinski definition) is 1. The first kappa shape index (κ1) is 14.0. The van der Waals surface area contributed by atoms with E-state index in [2.05, 4.69) is 55.7 Å². The second kappa shape index (κ2) is 6.60. The van der Waals surface area contributed by atoms with Gasteiger partial charge in [-0.15, -0.1) is 0 Å². The minimum absolute atomic E-state index is 0.239. The monoisotopic (exact) mass is 250 g/mol. The third-order valence-corrected chi connectivity index (χ3v) is 3.05. The van der Waals surface area contributed by atoms with Gasteiger partial charge in [-0.1, -0.05) is 38.1 Å². The van der Waals surface area contributed by atoms with E-state index in [1.165, 1.54) is 11.1 Å². The Morgan fingerprint density at radius 2 is 1.65 bits per heavy atom. The van der Waals surface area contributed by atoms with Gasteiger partial charge in [0.25, 0.3) is 0 Å². The molecule has 94 valence electrons. The molecule has 0 heterocycles. The molecule has 1 rings (SSSR count). The van der Waals surface area contributed by atoms with Crippen molar-refractivity contribution in [2.75, 3.05) is 6.54 Å². The highest BCUT2D eigenvalue weighted by Gasteiger charge is 2.07. The van der Waals surface area contributed by atoms with E-state index in [1.54, 1.807) is 0 Å². The first-order valence-corrected chi connectivity index (χ1v) is 6.59. The number of hydrogen-bond donors (Lipinski definition) is 2. The van der Waals surface area contributed by atoms with Gasteiger partial charge in [0, 0.05) is 6.54 Å². The lowest BCUT2D eigenvalue weighted by molar-refractivity contribution is 0.701. The lowest BCUT2D eigenvalue weighted by Crippen LogP contribution is -2.36. The third-order valence-electron chi connectivity index (χ3n) is 2.79. The third kappa shape index (κ3) is 4.35. The maximum absolute atomic E-state index is 5.17. The summed E-state index contributed by atoms with van der Waals surface area (Å²) in [5, 5.41) is 7.08. The van der Waals surface area contributed by atoms with E-state index >= 15 is 0 Å². The van der Waals surface area contributed by atoms with Gasteiger partial charge < -0.3 is 10.6 Å². The molecule has 0 saturated carbocycles. The van der Waals surface area contributed by atoms with Crippen molar-refractivity contribution in [1.82, 2.24) is 10.6 Å². The summed E-state index contributed by atoms with van der Waals surface area (Å²) in [7, 11) is 0. The van der Waals surface area contributed by atoms with Crippen molar-refractivity contribution >= 4 is 17.3 Å². The van der Waals surface area contributed by atoms with Crippen molar-refractivity contribution < 1.29 is 0 Å². The molecule has 2 N–H and O–H groups in total. The maximum Gasteiger partial charge on any atom is 0.166 e. The highest BCUT2D eigenvalue weighted by atomic mass is 32.1. The minimum atomic E-state index is 0.239. The van der Waals surface area contributed by atoms with Gasteiger partial charge in [-0.05, 0) is 43.1 Å². The summed E-state index contributed by atoms with van der Waals surface area (Å²) in [6, 6.07) is 8.95. The molecule has 1 unspecified atom stereocenters. The standard InChI is InChI=1S/C14H22N2S/c1-5-15-14(17)16-11(4)13-8-6-12(7-9-13)10(2)3/h6-11H,5H2,1-4H3,(H2,15,16,17). The van der Waals surface area contributed by atoms with Crippen LogP contribution in [-0.2, 0) is 0 Å². The summed E-state index contributed by atoms with van der Waals surface area (Å²) in [4.78, 5) is 0. The lowest BCUT2D eigenvalue weighted by atomic mass is 10.00. The normalized spacial score (nSPS) is 12.3. The van der Waals surface area contributed by atoms with Gasteiger partial charge >= 0.3 is 0 Å². The fourth-order valence-corrected chi connectivity index (χ4v) is 1.98. The van der Waals surface area contributed by atoms with Crippen LogP contribution < -0.4 is 10.6 Å². The van der Waals surface area contributed by atoms with Crippen LogP contribution >= 0.6 is 12.2 Å². The Balaban J connectivity index is 2.63. The van der Waals surface area contributed by atoms with Gasteiger partial charge in [-0.2, -0.15) is 0 Å². The lowest BCUT2D eigenvalue weighted by Gasteiger charge is -2.17. The Morgan fingerprint density at radius 3 is 2.12 bits per heavy atom. The summed E-state index contributed by atoms with van der Waals surface area (Å²) in [5.74, 6) is 0.579. The zero-order chi connectivity index (χ0) is 12.8. The topological polar surface area (TPSA) is 24.1 Å². The second-order valence-corrected chi connectivity index (χ2v) is 4.96. The van der Waals surface area contributed by atoms with Crippen LogP contribution in [0.1, 0.15) is 50.8 Å². The van der Waals surface area contributed by atoms with Crippen LogP contribution in [0, 0.1) is 0 Å². The van der Waals surface area contributed by atoms with E-state index in [1.807, 2.05) is 6.92 Å². The van der Waals surface area contributed by atoms with Crippen LogP contribution in [0.15, 0.2) is 24.3 Å². The van der Waals surface area contributed by atoms with Crippen LogP contribution in [0.2, 0.25) is 0 Å². The summed E-state index contributed by atoms with van der Waals surface area (Å²) in [5.41, 5.74) is 2.63. The molecule has 1 atom stereocenters. The van der Waals surface area contributed by atoms with Crippen LogP contribution in [0.4, 0.5) is 0 Å². The zero-order valence-corrected chi connectivity index (χ0v) is 11.9. The van der Waals surface area contributed by atoms with Gasteiger partial charge in [0.2, 0.25) is 0 Å². The summed E-state index contributed by atoms with van der Waals surface area (Å²) >= 11 is 5.17. The molecular formula is C14H22N2S. The van der Waals surface area contributed by atoms with Gasteiger partial charge in [0.1, 0.15) is 0 Å². The van der Waals surface area contributed by atoms with Crippen LogP contribution in [-0.4, -0.2) is 11.7 Å². The molecule has 0 saturated heterocycles. The number of benzene rings is 1. The molecule has 0 aliphatic carbocycles. The first-order valence-electron chi connectivity index (χ1n) is 6.18. The van der Waals surface area contributed by atoms with E-state index < -0.39 is 0 Å². The SMILES string of the molecule is CCNC(=S)NC(C)c1ccc(C(C)C)cc1.